The van der Waals surface area contributed by atoms with Crippen LogP contribution < -0.4 is 11.1 Å². The van der Waals surface area contributed by atoms with Crippen LogP contribution in [0.5, 0.6) is 0 Å². The van der Waals surface area contributed by atoms with Crippen molar-refractivity contribution in [2.75, 3.05) is 5.73 Å². The highest BCUT2D eigenvalue weighted by Gasteiger charge is 2.12. The molecule has 3 aromatic rings. The van der Waals surface area contributed by atoms with Gasteiger partial charge >= 0.3 is 0 Å². The van der Waals surface area contributed by atoms with Crippen molar-refractivity contribution in [3.05, 3.63) is 59.2 Å². The van der Waals surface area contributed by atoms with Gasteiger partial charge in [-0.3, -0.25) is 4.79 Å². The summed E-state index contributed by atoms with van der Waals surface area (Å²) in [7, 11) is 0. The number of carbonyl (C=O) groups excluding carboxylic acids is 1. The highest BCUT2D eigenvalue weighted by molar-refractivity contribution is 6.05. The van der Waals surface area contributed by atoms with Crippen LogP contribution in [0.2, 0.25) is 0 Å². The molecule has 5 heteroatoms. The zero-order valence-electron chi connectivity index (χ0n) is 11.7. The second kappa shape index (κ2) is 5.28. The van der Waals surface area contributed by atoms with Crippen molar-refractivity contribution in [1.29, 1.82) is 0 Å². The van der Waals surface area contributed by atoms with Gasteiger partial charge in [0.15, 0.2) is 5.95 Å². The average molecular weight is 280 g/mol. The summed E-state index contributed by atoms with van der Waals surface area (Å²) in [6.07, 6.45) is 0. The second-order valence-corrected chi connectivity index (χ2v) is 4.99. The minimum atomic E-state index is -0.160. The van der Waals surface area contributed by atoms with Crippen LogP contribution >= 0.6 is 0 Å². The molecule has 1 amide bonds. The number of para-hydroxylation sites is 1. The molecule has 0 aliphatic heterocycles. The van der Waals surface area contributed by atoms with Crippen LogP contribution in [0.1, 0.15) is 21.5 Å². The van der Waals surface area contributed by atoms with Crippen molar-refractivity contribution >= 4 is 22.9 Å². The largest absolute Gasteiger partial charge is 0.369 e. The van der Waals surface area contributed by atoms with E-state index in [1.54, 1.807) is 12.1 Å². The highest BCUT2D eigenvalue weighted by Crippen LogP contribution is 2.17. The summed E-state index contributed by atoms with van der Waals surface area (Å²) in [5, 5.41) is 2.90. The molecule has 3 rings (SSSR count). The van der Waals surface area contributed by atoms with Crippen LogP contribution in [0.15, 0.2) is 42.5 Å². The second-order valence-electron chi connectivity index (χ2n) is 4.99. The van der Waals surface area contributed by atoms with Crippen molar-refractivity contribution in [1.82, 2.24) is 15.3 Å². The Balaban J connectivity index is 1.79. The predicted molar refractivity (Wildman–Crippen MR) is 82.9 cm³/mol. The Labute approximate surface area is 122 Å². The Bertz CT molecular complexity index is 790. The van der Waals surface area contributed by atoms with Gasteiger partial charge in [-0.2, -0.15) is 0 Å². The molecule has 0 spiro atoms. The number of aromatic nitrogens is 2. The molecule has 5 nitrogen and oxygen atoms in total. The van der Waals surface area contributed by atoms with E-state index in [2.05, 4.69) is 15.3 Å². The molecule has 0 atom stereocenters. The smallest absolute Gasteiger partial charge is 0.253 e. The number of carbonyl (C=O) groups is 1. The number of aryl methyl sites for hydroxylation is 1. The fourth-order valence-corrected chi connectivity index (χ4v) is 2.22. The number of fused-ring (bicyclic) bond motifs is 1. The van der Waals surface area contributed by atoms with Crippen LogP contribution in [0.4, 0.5) is 5.95 Å². The van der Waals surface area contributed by atoms with Crippen LogP contribution in [0.3, 0.4) is 0 Å². The Morgan fingerprint density at radius 3 is 2.76 bits per heavy atom. The molecule has 21 heavy (non-hydrogen) atoms. The molecular formula is C16H16N4O. The van der Waals surface area contributed by atoms with Crippen molar-refractivity contribution in [3.8, 4) is 0 Å². The van der Waals surface area contributed by atoms with Crippen molar-refractivity contribution in [2.24, 2.45) is 0 Å². The quantitative estimate of drug-likeness (QED) is 0.688. The average Bonchev–Trinajstić information content (AvgIpc) is 2.86. The highest BCUT2D eigenvalue weighted by atomic mass is 16.1. The number of aromatic amines is 1. The van der Waals surface area contributed by atoms with Gasteiger partial charge in [0, 0.05) is 6.54 Å². The van der Waals surface area contributed by atoms with E-state index in [0.717, 1.165) is 11.1 Å². The third kappa shape index (κ3) is 2.72. The van der Waals surface area contributed by atoms with Gasteiger partial charge in [-0.25, -0.2) is 4.98 Å². The van der Waals surface area contributed by atoms with E-state index >= 15 is 0 Å². The van der Waals surface area contributed by atoms with E-state index < -0.39 is 0 Å². The molecule has 0 aliphatic rings. The first-order valence-electron chi connectivity index (χ1n) is 6.71. The molecule has 0 saturated heterocycles. The summed E-state index contributed by atoms with van der Waals surface area (Å²) in [4.78, 5) is 19.4. The third-order valence-corrected chi connectivity index (χ3v) is 3.35. The number of nitrogen functional groups attached to an aromatic ring is 1. The number of amides is 1. The van der Waals surface area contributed by atoms with Gasteiger partial charge in [-0.05, 0) is 24.6 Å². The molecule has 106 valence electrons. The lowest BCUT2D eigenvalue weighted by Gasteiger charge is -2.06. The lowest BCUT2D eigenvalue weighted by atomic mass is 10.1. The predicted octanol–water partition coefficient (Wildman–Crippen LogP) is 2.38. The fourth-order valence-electron chi connectivity index (χ4n) is 2.22. The van der Waals surface area contributed by atoms with Crippen molar-refractivity contribution in [3.63, 3.8) is 0 Å². The van der Waals surface area contributed by atoms with Gasteiger partial charge in [0.2, 0.25) is 0 Å². The van der Waals surface area contributed by atoms with Gasteiger partial charge in [0.05, 0.1) is 11.1 Å². The molecule has 0 unspecified atom stereocenters. The normalized spacial score (nSPS) is 10.7. The Morgan fingerprint density at radius 2 is 2.00 bits per heavy atom. The third-order valence-electron chi connectivity index (χ3n) is 3.35. The van der Waals surface area contributed by atoms with Crippen LogP contribution in [0.25, 0.3) is 11.0 Å². The van der Waals surface area contributed by atoms with Crippen LogP contribution in [-0.2, 0) is 6.54 Å². The maximum Gasteiger partial charge on any atom is 0.253 e. The number of rotatable bonds is 3. The number of anilines is 1. The maximum absolute atomic E-state index is 12.3. The van der Waals surface area contributed by atoms with E-state index in [9.17, 15) is 4.79 Å². The lowest BCUT2D eigenvalue weighted by Crippen LogP contribution is -2.23. The first kappa shape index (κ1) is 13.2. The molecular weight excluding hydrogens is 264 g/mol. The molecule has 0 bridgehead atoms. The van der Waals surface area contributed by atoms with Gasteiger partial charge in [0.25, 0.3) is 5.91 Å². The summed E-state index contributed by atoms with van der Waals surface area (Å²) < 4.78 is 0. The molecule has 1 aromatic heterocycles. The lowest BCUT2D eigenvalue weighted by molar-refractivity contribution is 0.0952. The molecule has 0 radical (unpaired) electrons. The summed E-state index contributed by atoms with van der Waals surface area (Å²) in [5.74, 6) is 0.149. The topological polar surface area (TPSA) is 83.8 Å². The summed E-state index contributed by atoms with van der Waals surface area (Å²) in [5.41, 5.74) is 9.77. The van der Waals surface area contributed by atoms with Gasteiger partial charge in [-0.1, -0.05) is 35.9 Å². The van der Waals surface area contributed by atoms with Crippen LogP contribution in [-0.4, -0.2) is 15.9 Å². The summed E-state index contributed by atoms with van der Waals surface area (Å²) >= 11 is 0. The summed E-state index contributed by atoms with van der Waals surface area (Å²) in [6.45, 7) is 2.51. The van der Waals surface area contributed by atoms with Crippen molar-refractivity contribution < 1.29 is 4.79 Å². The molecule has 0 saturated carbocycles. The number of hydrogen-bond donors (Lipinski definition) is 3. The summed E-state index contributed by atoms with van der Waals surface area (Å²) in [6, 6.07) is 13.4. The van der Waals surface area contributed by atoms with Gasteiger partial charge < -0.3 is 16.0 Å². The van der Waals surface area contributed by atoms with Gasteiger partial charge in [-0.15, -0.1) is 0 Å². The van der Waals surface area contributed by atoms with E-state index in [1.165, 1.54) is 5.56 Å². The number of benzene rings is 2. The molecule has 4 N–H and O–H groups in total. The number of H-pyrrole nitrogens is 1. The van der Waals surface area contributed by atoms with E-state index in [1.807, 2.05) is 37.3 Å². The van der Waals surface area contributed by atoms with E-state index in [4.69, 9.17) is 5.73 Å². The first-order chi connectivity index (χ1) is 10.1. The minimum absolute atomic E-state index is 0.160. The minimum Gasteiger partial charge on any atom is -0.369 e. The number of hydrogen-bond acceptors (Lipinski definition) is 3. The zero-order chi connectivity index (χ0) is 14.8. The van der Waals surface area contributed by atoms with E-state index in [-0.39, 0.29) is 5.91 Å². The Hall–Kier alpha value is -2.82. The molecule has 2 aromatic carbocycles. The standard InChI is InChI=1S/C16H16N4O/c1-10-5-7-11(8-6-10)9-18-15(21)12-3-2-4-13-14(12)20-16(17)19-13/h2-8H,9H2,1H3,(H,18,21)(H3,17,19,20). The Morgan fingerprint density at radius 1 is 1.24 bits per heavy atom. The number of nitrogens with one attached hydrogen (secondary N) is 2. The molecule has 1 heterocycles. The maximum atomic E-state index is 12.3. The monoisotopic (exact) mass is 280 g/mol. The van der Waals surface area contributed by atoms with E-state index in [0.29, 0.717) is 23.6 Å². The fraction of sp³-hybridized carbons (Fsp3) is 0.125. The molecule has 0 aliphatic carbocycles. The van der Waals surface area contributed by atoms with Gasteiger partial charge in [0.1, 0.15) is 5.52 Å². The van der Waals surface area contributed by atoms with Crippen LogP contribution in [0, 0.1) is 6.92 Å². The number of nitrogens with two attached hydrogens (primary N) is 1. The zero-order valence-corrected chi connectivity index (χ0v) is 11.7. The first-order valence-corrected chi connectivity index (χ1v) is 6.71. The number of imidazole rings is 1. The Kier molecular flexibility index (Phi) is 3.31. The van der Waals surface area contributed by atoms with Crippen molar-refractivity contribution in [2.45, 2.75) is 13.5 Å². The molecule has 0 fully saturated rings. The SMILES string of the molecule is Cc1ccc(CNC(=O)c2cccc3[nH]c(N)nc23)cc1. The number of nitrogens with zero attached hydrogens (tertiary/aromatic N) is 1.